The lowest BCUT2D eigenvalue weighted by atomic mass is 10.1. The van der Waals surface area contributed by atoms with Gasteiger partial charge in [-0.1, -0.05) is 0 Å². The Morgan fingerprint density at radius 1 is 1.26 bits per heavy atom. The summed E-state index contributed by atoms with van der Waals surface area (Å²) in [5.41, 5.74) is -1.49. The number of Topliss-reactive ketones (excluding diaryl/α,β-unsaturated/α-hetero) is 2. The molecule has 1 aromatic rings. The molecule has 12 heteroatoms. The van der Waals surface area contributed by atoms with Crippen LogP contribution < -0.4 is 0 Å². The smallest absolute Gasteiger partial charge is 0.298 e. The van der Waals surface area contributed by atoms with Gasteiger partial charge >= 0.3 is 0 Å². The lowest BCUT2D eigenvalue weighted by molar-refractivity contribution is -0.385. The minimum atomic E-state index is -4.97. The molecule has 0 amide bonds. The number of hydrogen-bond acceptors (Lipinski definition) is 9. The zero-order valence-corrected chi connectivity index (χ0v) is 12.6. The van der Waals surface area contributed by atoms with Crippen LogP contribution in [0.1, 0.15) is 13.8 Å². The first-order valence-electron chi connectivity index (χ1n) is 5.85. The molecule has 0 aromatic heterocycles. The summed E-state index contributed by atoms with van der Waals surface area (Å²) in [7, 11) is -4.97. The first kappa shape index (κ1) is 18.3. The second kappa shape index (κ2) is 6.58. The molecule has 2 N–H and O–H groups in total. The van der Waals surface area contributed by atoms with Gasteiger partial charge < -0.3 is 5.11 Å². The lowest BCUT2D eigenvalue weighted by Crippen LogP contribution is -2.23. The Hall–Kier alpha value is -2.73. The number of aromatic hydroxyl groups is 1. The van der Waals surface area contributed by atoms with Gasteiger partial charge in [-0.05, 0) is 13.8 Å². The number of carbonyl (C=O) groups excluding carboxylic acids is 2. The van der Waals surface area contributed by atoms with Crippen molar-refractivity contribution in [3.63, 3.8) is 0 Å². The third-order valence-corrected chi connectivity index (χ3v) is 3.45. The van der Waals surface area contributed by atoms with Crippen LogP contribution >= 0.6 is 0 Å². The third kappa shape index (κ3) is 4.37. The van der Waals surface area contributed by atoms with Crippen LogP contribution in [0, 0.1) is 10.1 Å². The summed E-state index contributed by atoms with van der Waals surface area (Å²) in [5, 5.41) is 27.2. The molecular weight excluding hydrogens is 334 g/mol. The van der Waals surface area contributed by atoms with E-state index in [0.717, 1.165) is 13.8 Å². The van der Waals surface area contributed by atoms with Gasteiger partial charge in [0.1, 0.15) is 10.6 Å². The number of ketones is 2. The van der Waals surface area contributed by atoms with E-state index in [1.165, 1.54) is 0 Å². The molecule has 0 spiro atoms. The number of phenolic OH excluding ortho intramolecular Hbond substituents is 1. The summed E-state index contributed by atoms with van der Waals surface area (Å²) in [6.45, 7) is 2.12. The molecular formula is C11H11N3O8S. The van der Waals surface area contributed by atoms with E-state index in [9.17, 15) is 33.2 Å². The van der Waals surface area contributed by atoms with E-state index in [1.54, 1.807) is 0 Å². The van der Waals surface area contributed by atoms with Crippen LogP contribution in [0.3, 0.4) is 0 Å². The molecule has 0 saturated carbocycles. The van der Waals surface area contributed by atoms with E-state index in [4.69, 9.17) is 4.55 Å². The van der Waals surface area contributed by atoms with Crippen LogP contribution in [0.25, 0.3) is 0 Å². The van der Waals surface area contributed by atoms with Gasteiger partial charge in [0.25, 0.3) is 15.8 Å². The Kier molecular flexibility index (Phi) is 5.24. The second-order valence-electron chi connectivity index (χ2n) is 4.38. The van der Waals surface area contributed by atoms with Gasteiger partial charge in [-0.3, -0.25) is 24.3 Å². The number of rotatable bonds is 6. The van der Waals surface area contributed by atoms with E-state index in [2.05, 4.69) is 10.2 Å². The van der Waals surface area contributed by atoms with Crippen molar-refractivity contribution in [2.75, 3.05) is 0 Å². The summed E-state index contributed by atoms with van der Waals surface area (Å²) in [6, 6.07) is -0.398. The van der Waals surface area contributed by atoms with E-state index in [0.29, 0.717) is 12.1 Å². The van der Waals surface area contributed by atoms with Crippen LogP contribution in [0.5, 0.6) is 5.75 Å². The number of phenols is 1. The normalized spacial score (nSPS) is 11.8. The summed E-state index contributed by atoms with van der Waals surface area (Å²) in [5.74, 6) is -2.44. The van der Waals surface area contributed by atoms with Crippen LogP contribution in [0.4, 0.5) is 11.4 Å². The number of carbonyl (C=O) groups is 2. The quantitative estimate of drug-likeness (QED) is 0.254. The van der Waals surface area contributed by atoms with Crippen molar-refractivity contribution in [3.8, 4) is 5.75 Å². The van der Waals surface area contributed by atoms with Crippen LogP contribution in [0.2, 0.25) is 0 Å². The molecule has 11 nitrogen and oxygen atoms in total. The summed E-state index contributed by atoms with van der Waals surface area (Å²) >= 11 is 0. The van der Waals surface area contributed by atoms with Crippen molar-refractivity contribution in [3.05, 3.63) is 22.2 Å². The first-order valence-corrected chi connectivity index (χ1v) is 7.29. The molecule has 0 bridgehead atoms. The zero-order chi connectivity index (χ0) is 17.9. The van der Waals surface area contributed by atoms with Crippen molar-refractivity contribution in [2.24, 2.45) is 10.2 Å². The summed E-state index contributed by atoms with van der Waals surface area (Å²) < 4.78 is 31.2. The fourth-order valence-electron chi connectivity index (χ4n) is 1.53. The highest BCUT2D eigenvalue weighted by molar-refractivity contribution is 7.86. The molecule has 0 unspecified atom stereocenters. The monoisotopic (exact) mass is 345 g/mol. The number of nitro benzene ring substituents is 1. The predicted molar refractivity (Wildman–Crippen MR) is 74.2 cm³/mol. The Labute approximate surface area is 129 Å². The largest absolute Gasteiger partial charge is 0.504 e. The number of benzene rings is 1. The molecule has 124 valence electrons. The number of non-ortho nitro benzene ring substituents is 1. The molecule has 0 radical (unpaired) electrons. The average Bonchev–Trinajstić information content (AvgIpc) is 2.38. The van der Waals surface area contributed by atoms with E-state index >= 15 is 0 Å². The fourth-order valence-corrected chi connectivity index (χ4v) is 2.14. The van der Waals surface area contributed by atoms with Gasteiger partial charge in [-0.15, -0.1) is 0 Å². The predicted octanol–water partition coefficient (Wildman–Crippen LogP) is 1.18. The van der Waals surface area contributed by atoms with Gasteiger partial charge in [0.2, 0.25) is 0 Å². The van der Waals surface area contributed by atoms with Crippen molar-refractivity contribution in [1.82, 2.24) is 0 Å². The fraction of sp³-hybridized carbons (Fsp3) is 0.273. The van der Waals surface area contributed by atoms with Crippen LogP contribution in [-0.4, -0.2) is 40.6 Å². The highest BCUT2D eigenvalue weighted by Gasteiger charge is 2.25. The molecule has 0 heterocycles. The third-order valence-electron chi connectivity index (χ3n) is 2.58. The van der Waals surface area contributed by atoms with Crippen molar-refractivity contribution in [1.29, 1.82) is 0 Å². The van der Waals surface area contributed by atoms with Gasteiger partial charge in [0, 0.05) is 12.1 Å². The van der Waals surface area contributed by atoms with Gasteiger partial charge in [0.15, 0.2) is 23.4 Å². The standard InChI is InChI=1S/C11H11N3O8S/c1-5(15)10(6(2)16)13-12-8-3-7(14(18)19)4-9(11(8)17)23(20,21)22/h3-4,10,17H,1-2H3,(H,20,21,22). The number of nitro groups is 1. The molecule has 1 rings (SSSR count). The second-order valence-corrected chi connectivity index (χ2v) is 5.77. The molecule has 23 heavy (non-hydrogen) atoms. The van der Waals surface area contributed by atoms with E-state index in [-0.39, 0.29) is 0 Å². The zero-order valence-electron chi connectivity index (χ0n) is 11.8. The number of nitrogens with zero attached hydrogens (tertiary/aromatic N) is 3. The average molecular weight is 345 g/mol. The van der Waals surface area contributed by atoms with Gasteiger partial charge in [-0.2, -0.15) is 18.6 Å². The molecule has 0 saturated heterocycles. The maximum Gasteiger partial charge on any atom is 0.298 e. The van der Waals surface area contributed by atoms with Crippen molar-refractivity contribution < 1.29 is 32.6 Å². The van der Waals surface area contributed by atoms with Gasteiger partial charge in [0.05, 0.1) is 4.92 Å². The van der Waals surface area contributed by atoms with E-state index < -0.39 is 54.7 Å². The number of hydrogen-bond donors (Lipinski definition) is 2. The summed E-state index contributed by atoms with van der Waals surface area (Å²) in [4.78, 5) is 31.1. The summed E-state index contributed by atoms with van der Waals surface area (Å²) in [6.07, 6.45) is 0. The van der Waals surface area contributed by atoms with Crippen LogP contribution in [-0.2, 0) is 19.7 Å². The highest BCUT2D eigenvalue weighted by atomic mass is 32.2. The molecule has 0 atom stereocenters. The SMILES string of the molecule is CC(=O)C(N=Nc1cc([N+](=O)[O-])cc(S(=O)(=O)O)c1O)C(C)=O. The van der Waals surface area contributed by atoms with E-state index in [1.807, 2.05) is 0 Å². The van der Waals surface area contributed by atoms with Crippen LogP contribution in [0.15, 0.2) is 27.3 Å². The van der Waals surface area contributed by atoms with Crippen molar-refractivity contribution in [2.45, 2.75) is 24.8 Å². The Morgan fingerprint density at radius 3 is 2.17 bits per heavy atom. The minimum absolute atomic E-state index is 0.428. The Balaban J connectivity index is 3.52. The van der Waals surface area contributed by atoms with Gasteiger partial charge in [-0.25, -0.2) is 0 Å². The molecule has 0 fully saturated rings. The Morgan fingerprint density at radius 2 is 1.78 bits per heavy atom. The number of azo groups is 1. The lowest BCUT2D eigenvalue weighted by Gasteiger charge is -2.05. The molecule has 0 aliphatic heterocycles. The molecule has 0 aliphatic rings. The highest BCUT2D eigenvalue weighted by Crippen LogP contribution is 2.37. The minimum Gasteiger partial charge on any atom is -0.504 e. The maximum absolute atomic E-state index is 11.2. The first-order chi connectivity index (χ1) is 10.4. The topological polar surface area (TPSA) is 177 Å². The maximum atomic E-state index is 11.2. The van der Waals surface area contributed by atoms with Crippen molar-refractivity contribution >= 4 is 33.1 Å². The molecule has 1 aromatic carbocycles. The molecule has 0 aliphatic carbocycles. The Bertz CT molecular complexity index is 801.